The van der Waals surface area contributed by atoms with Crippen LogP contribution in [0.25, 0.3) is 0 Å². The van der Waals surface area contributed by atoms with Gasteiger partial charge in [0.15, 0.2) is 17.4 Å². The summed E-state index contributed by atoms with van der Waals surface area (Å²) < 4.78 is 57.3. The molecule has 1 aromatic carbocycles. The highest BCUT2D eigenvalue weighted by molar-refractivity contribution is 6.09. The third-order valence-corrected chi connectivity index (χ3v) is 2.70. The lowest BCUT2D eigenvalue weighted by molar-refractivity contribution is 0.0426. The molecule has 1 aromatic rings. The molecule has 0 fully saturated rings. The molecule has 0 bridgehead atoms. The molecule has 0 aliphatic rings. The Morgan fingerprint density at radius 3 is 1.65 bits per heavy atom. The van der Waals surface area contributed by atoms with Gasteiger partial charge in [0.05, 0.1) is 7.11 Å². The van der Waals surface area contributed by atoms with Crippen molar-refractivity contribution < 1.29 is 37.0 Å². The average Bonchev–Trinajstić information content (AvgIpc) is 2.43. The highest BCUT2D eigenvalue weighted by Crippen LogP contribution is 2.33. The van der Waals surface area contributed by atoms with Crippen LogP contribution in [-0.2, 0) is 9.47 Å². The van der Waals surface area contributed by atoms with Gasteiger partial charge in [-0.15, -0.1) is 0 Å². The fraction of sp³-hybridized carbons (Fsp3) is 0.529. The Hall–Kier alpha value is -2.45. The molecule has 0 N–H and O–H groups in total. The number of hydrogen-bond donors (Lipinski definition) is 0. The van der Waals surface area contributed by atoms with E-state index in [0.29, 0.717) is 6.07 Å². The Morgan fingerprint density at radius 1 is 0.885 bits per heavy atom. The van der Waals surface area contributed by atoms with Gasteiger partial charge < -0.3 is 14.2 Å². The maximum absolute atomic E-state index is 14.4. The van der Waals surface area contributed by atoms with Crippen LogP contribution < -0.4 is 9.64 Å². The molecule has 6 nitrogen and oxygen atoms in total. The van der Waals surface area contributed by atoms with Gasteiger partial charge in [-0.25, -0.2) is 18.4 Å². The van der Waals surface area contributed by atoms with Crippen LogP contribution in [0.2, 0.25) is 0 Å². The number of amides is 2. The van der Waals surface area contributed by atoms with Gasteiger partial charge in [-0.3, -0.25) is 0 Å². The van der Waals surface area contributed by atoms with Crippen molar-refractivity contribution >= 4 is 17.9 Å². The number of carbonyl (C=O) groups is 2. The predicted octanol–water partition coefficient (Wildman–Crippen LogP) is 4.79. The van der Waals surface area contributed by atoms with Crippen LogP contribution in [0.1, 0.15) is 41.5 Å². The summed E-state index contributed by atoms with van der Waals surface area (Å²) >= 11 is 0. The minimum Gasteiger partial charge on any atom is -0.493 e. The monoisotopic (exact) mass is 377 g/mol. The van der Waals surface area contributed by atoms with Crippen LogP contribution in [0.5, 0.6) is 5.75 Å². The van der Waals surface area contributed by atoms with Crippen LogP contribution in [0.4, 0.5) is 28.4 Å². The molecule has 0 aliphatic heterocycles. The normalized spacial score (nSPS) is 11.8. The molecule has 0 atom stereocenters. The molecule has 0 radical (unpaired) electrons. The van der Waals surface area contributed by atoms with Gasteiger partial charge in [0.25, 0.3) is 0 Å². The fourth-order valence-corrected chi connectivity index (χ4v) is 1.79. The Balaban J connectivity index is 3.53. The van der Waals surface area contributed by atoms with Crippen molar-refractivity contribution in [1.82, 2.24) is 0 Å². The number of halogens is 3. The van der Waals surface area contributed by atoms with Gasteiger partial charge in [-0.1, -0.05) is 0 Å². The van der Waals surface area contributed by atoms with Gasteiger partial charge in [0.1, 0.15) is 16.9 Å². The maximum Gasteiger partial charge on any atom is 0.424 e. The number of ether oxygens (including phenoxy) is 3. The van der Waals surface area contributed by atoms with Crippen molar-refractivity contribution in [2.24, 2.45) is 0 Å². The third-order valence-electron chi connectivity index (χ3n) is 2.70. The summed E-state index contributed by atoms with van der Waals surface area (Å²) in [5.74, 6) is -5.49. The Morgan fingerprint density at radius 2 is 1.31 bits per heavy atom. The zero-order valence-electron chi connectivity index (χ0n) is 15.7. The van der Waals surface area contributed by atoms with E-state index < -0.39 is 52.3 Å². The zero-order valence-corrected chi connectivity index (χ0v) is 15.7. The van der Waals surface area contributed by atoms with E-state index in [2.05, 4.69) is 4.74 Å². The van der Waals surface area contributed by atoms with Crippen molar-refractivity contribution in [2.75, 3.05) is 12.0 Å². The topological polar surface area (TPSA) is 65.1 Å². The predicted molar refractivity (Wildman–Crippen MR) is 87.8 cm³/mol. The number of rotatable bonds is 2. The number of hydrogen-bond acceptors (Lipinski definition) is 5. The van der Waals surface area contributed by atoms with E-state index in [9.17, 15) is 22.8 Å². The number of methoxy groups -OCH3 is 1. The lowest BCUT2D eigenvalue weighted by Gasteiger charge is -2.29. The van der Waals surface area contributed by atoms with E-state index in [1.54, 1.807) is 0 Å². The van der Waals surface area contributed by atoms with E-state index in [4.69, 9.17) is 9.47 Å². The van der Waals surface area contributed by atoms with Crippen molar-refractivity contribution in [3.63, 3.8) is 0 Å². The van der Waals surface area contributed by atoms with Crippen molar-refractivity contribution in [1.29, 1.82) is 0 Å². The third kappa shape index (κ3) is 5.27. The quantitative estimate of drug-likeness (QED) is 0.694. The maximum atomic E-state index is 14.4. The van der Waals surface area contributed by atoms with Gasteiger partial charge >= 0.3 is 12.2 Å². The van der Waals surface area contributed by atoms with E-state index in [-0.39, 0.29) is 4.90 Å². The fourth-order valence-electron chi connectivity index (χ4n) is 1.79. The summed E-state index contributed by atoms with van der Waals surface area (Å²) in [5, 5.41) is 0. The van der Waals surface area contributed by atoms with Crippen LogP contribution in [0.15, 0.2) is 6.07 Å². The first kappa shape index (κ1) is 21.6. The van der Waals surface area contributed by atoms with Crippen LogP contribution in [0.3, 0.4) is 0 Å². The lowest BCUT2D eigenvalue weighted by atomic mass is 10.2. The highest BCUT2D eigenvalue weighted by Gasteiger charge is 2.38. The molecule has 0 aromatic heterocycles. The van der Waals surface area contributed by atoms with Gasteiger partial charge in [-0.2, -0.15) is 9.29 Å². The highest BCUT2D eigenvalue weighted by atomic mass is 19.2. The molecule has 0 spiro atoms. The molecule has 0 saturated heterocycles. The molecule has 146 valence electrons. The molecule has 0 unspecified atom stereocenters. The summed E-state index contributed by atoms with van der Waals surface area (Å²) in [5.41, 5.74) is -3.43. The molecule has 2 amide bonds. The first-order chi connectivity index (χ1) is 11.7. The van der Waals surface area contributed by atoms with Crippen molar-refractivity contribution in [3.8, 4) is 5.75 Å². The number of benzene rings is 1. The van der Waals surface area contributed by atoms with Gasteiger partial charge in [0, 0.05) is 6.07 Å². The second kappa shape index (κ2) is 7.43. The average molecular weight is 377 g/mol. The lowest BCUT2D eigenvalue weighted by Crippen LogP contribution is -2.44. The van der Waals surface area contributed by atoms with E-state index >= 15 is 0 Å². The van der Waals surface area contributed by atoms with Crippen molar-refractivity contribution in [3.05, 3.63) is 23.5 Å². The summed E-state index contributed by atoms with van der Waals surface area (Å²) in [6, 6.07) is 0.509. The van der Waals surface area contributed by atoms with E-state index in [0.717, 1.165) is 7.11 Å². The zero-order chi connectivity index (χ0) is 20.4. The Kier molecular flexibility index (Phi) is 6.17. The second-order valence-corrected chi connectivity index (χ2v) is 7.33. The first-order valence-electron chi connectivity index (χ1n) is 7.65. The largest absolute Gasteiger partial charge is 0.493 e. The minimum absolute atomic E-state index is 0.0241. The molecule has 1 rings (SSSR count). The number of anilines is 1. The standard InChI is InChI=1S/C17H22F3NO5/c1-16(2,3)25-14(22)21(15(23)26-17(4,5)6)13-9(18)8-10(24-7)11(19)12(13)20/h8H,1-7H3. The SMILES string of the molecule is COc1cc(F)c(N(C(=O)OC(C)(C)C)C(=O)OC(C)(C)C)c(F)c1F. The molecule has 0 heterocycles. The Labute approximate surface area is 149 Å². The molecule has 26 heavy (non-hydrogen) atoms. The van der Waals surface area contributed by atoms with E-state index in [1.165, 1.54) is 41.5 Å². The number of carbonyl (C=O) groups excluding carboxylic acids is 2. The summed E-state index contributed by atoms with van der Waals surface area (Å²) in [6.07, 6.45) is -2.84. The second-order valence-electron chi connectivity index (χ2n) is 7.33. The molecular weight excluding hydrogens is 355 g/mol. The van der Waals surface area contributed by atoms with Gasteiger partial charge in [0.2, 0.25) is 5.82 Å². The summed E-state index contributed by atoms with van der Waals surface area (Å²) in [6.45, 7) is 8.91. The number of nitrogens with zero attached hydrogens (tertiary/aromatic N) is 1. The van der Waals surface area contributed by atoms with Crippen LogP contribution in [0, 0.1) is 17.5 Å². The summed E-state index contributed by atoms with van der Waals surface area (Å²) in [4.78, 5) is 24.7. The molecular formula is C17H22F3NO5. The first-order valence-corrected chi connectivity index (χ1v) is 7.65. The van der Waals surface area contributed by atoms with Crippen LogP contribution in [-0.4, -0.2) is 30.5 Å². The minimum atomic E-state index is -1.79. The van der Waals surface area contributed by atoms with E-state index in [1.807, 2.05) is 0 Å². The Bertz CT molecular complexity index is 680. The summed E-state index contributed by atoms with van der Waals surface area (Å²) in [7, 11) is 1.01. The van der Waals surface area contributed by atoms with Crippen molar-refractivity contribution in [2.45, 2.75) is 52.7 Å². The molecule has 9 heteroatoms. The van der Waals surface area contributed by atoms with Gasteiger partial charge in [-0.05, 0) is 41.5 Å². The van der Waals surface area contributed by atoms with Crippen LogP contribution >= 0.6 is 0 Å². The smallest absolute Gasteiger partial charge is 0.424 e. The molecule has 0 saturated carbocycles. The number of imide groups is 1. The molecule has 0 aliphatic carbocycles.